The molecule has 1 amide bonds. The van der Waals surface area contributed by atoms with Gasteiger partial charge in [0, 0.05) is 17.8 Å². The minimum atomic E-state index is -0.417. The maximum Gasteiger partial charge on any atom is 0.337 e. The number of halogens is 1. The molecular weight excluding hydrogens is 299 g/mol. The number of amides is 1. The summed E-state index contributed by atoms with van der Waals surface area (Å²) in [5, 5.41) is 5.55. The maximum absolute atomic E-state index is 13.4. The lowest BCUT2D eigenvalue weighted by molar-refractivity contribution is -0.119. The summed E-state index contributed by atoms with van der Waals surface area (Å²) in [6, 6.07) is 12.8. The first-order valence-electron chi connectivity index (χ1n) is 7.02. The van der Waals surface area contributed by atoms with Crippen molar-refractivity contribution in [2.75, 3.05) is 19.0 Å². The zero-order chi connectivity index (χ0) is 16.7. The second kappa shape index (κ2) is 7.93. The van der Waals surface area contributed by atoms with E-state index < -0.39 is 5.97 Å². The molecule has 0 radical (unpaired) electrons. The Labute approximate surface area is 133 Å². The van der Waals surface area contributed by atoms with Crippen molar-refractivity contribution >= 4 is 17.6 Å². The van der Waals surface area contributed by atoms with Crippen LogP contribution < -0.4 is 10.6 Å². The minimum absolute atomic E-state index is 0.0476. The molecule has 0 aliphatic rings. The molecule has 0 bridgehead atoms. The lowest BCUT2D eigenvalue weighted by atomic mass is 10.2. The van der Waals surface area contributed by atoms with E-state index in [4.69, 9.17) is 0 Å². The van der Waals surface area contributed by atoms with Crippen molar-refractivity contribution in [3.05, 3.63) is 65.5 Å². The van der Waals surface area contributed by atoms with Crippen LogP contribution in [0.15, 0.2) is 48.5 Å². The smallest absolute Gasteiger partial charge is 0.337 e. The standard InChI is InChI=1S/C17H17FN2O3/c1-23-17(22)12-6-8-14(9-7-12)19-11-16(21)20-10-13-4-2-3-5-15(13)18/h2-9,19H,10-11H2,1H3,(H,20,21). The van der Waals surface area contributed by atoms with Gasteiger partial charge in [-0.2, -0.15) is 0 Å². The Kier molecular flexibility index (Phi) is 5.68. The van der Waals surface area contributed by atoms with Crippen molar-refractivity contribution in [3.63, 3.8) is 0 Å². The minimum Gasteiger partial charge on any atom is -0.465 e. The lowest BCUT2D eigenvalue weighted by Gasteiger charge is -2.09. The van der Waals surface area contributed by atoms with Crippen LogP contribution >= 0.6 is 0 Å². The Bertz CT molecular complexity index is 686. The van der Waals surface area contributed by atoms with Gasteiger partial charge in [-0.25, -0.2) is 9.18 Å². The largest absolute Gasteiger partial charge is 0.465 e. The lowest BCUT2D eigenvalue weighted by Crippen LogP contribution is -2.29. The quantitative estimate of drug-likeness (QED) is 0.803. The van der Waals surface area contributed by atoms with Crippen LogP contribution in [0.3, 0.4) is 0 Å². The summed E-state index contributed by atoms with van der Waals surface area (Å²) >= 11 is 0. The van der Waals surface area contributed by atoms with Gasteiger partial charge in [0.1, 0.15) is 5.82 Å². The number of rotatable bonds is 6. The van der Waals surface area contributed by atoms with Gasteiger partial charge >= 0.3 is 5.97 Å². The van der Waals surface area contributed by atoms with Crippen LogP contribution in [-0.4, -0.2) is 25.5 Å². The molecule has 0 saturated heterocycles. The Balaban J connectivity index is 1.80. The number of nitrogens with one attached hydrogen (secondary N) is 2. The molecule has 0 aromatic heterocycles. The summed E-state index contributed by atoms with van der Waals surface area (Å²) < 4.78 is 18.0. The normalized spacial score (nSPS) is 10.0. The Morgan fingerprint density at radius 3 is 2.43 bits per heavy atom. The van der Waals surface area contributed by atoms with Crippen molar-refractivity contribution in [1.82, 2.24) is 5.32 Å². The molecule has 2 N–H and O–H groups in total. The highest BCUT2D eigenvalue weighted by Gasteiger charge is 2.06. The van der Waals surface area contributed by atoms with E-state index in [1.54, 1.807) is 42.5 Å². The first-order chi connectivity index (χ1) is 11.1. The summed E-state index contributed by atoms with van der Waals surface area (Å²) in [7, 11) is 1.31. The highest BCUT2D eigenvalue weighted by molar-refractivity contribution is 5.89. The van der Waals surface area contributed by atoms with E-state index in [0.717, 1.165) is 0 Å². The van der Waals surface area contributed by atoms with Gasteiger partial charge in [0.25, 0.3) is 0 Å². The molecule has 0 aliphatic carbocycles. The van der Waals surface area contributed by atoms with Crippen molar-refractivity contribution in [2.45, 2.75) is 6.54 Å². The van der Waals surface area contributed by atoms with Gasteiger partial charge in [0.2, 0.25) is 5.91 Å². The number of hydrogen-bond acceptors (Lipinski definition) is 4. The first-order valence-corrected chi connectivity index (χ1v) is 7.02. The molecule has 0 spiro atoms. The zero-order valence-electron chi connectivity index (χ0n) is 12.6. The van der Waals surface area contributed by atoms with Gasteiger partial charge in [-0.15, -0.1) is 0 Å². The second-order valence-corrected chi connectivity index (χ2v) is 4.79. The predicted molar refractivity (Wildman–Crippen MR) is 84.5 cm³/mol. The number of methoxy groups -OCH3 is 1. The second-order valence-electron chi connectivity index (χ2n) is 4.79. The third-order valence-corrected chi connectivity index (χ3v) is 3.19. The molecular formula is C17H17FN2O3. The molecule has 0 heterocycles. The van der Waals surface area contributed by atoms with Gasteiger partial charge in [-0.05, 0) is 30.3 Å². The third kappa shape index (κ3) is 4.81. The Morgan fingerprint density at radius 1 is 1.09 bits per heavy atom. The summed E-state index contributed by atoms with van der Waals surface area (Å²) in [5.74, 6) is -1.02. The van der Waals surface area contributed by atoms with Crippen molar-refractivity contribution in [3.8, 4) is 0 Å². The van der Waals surface area contributed by atoms with E-state index in [-0.39, 0.29) is 24.8 Å². The highest BCUT2D eigenvalue weighted by atomic mass is 19.1. The number of esters is 1. The highest BCUT2D eigenvalue weighted by Crippen LogP contribution is 2.10. The predicted octanol–water partition coefficient (Wildman–Crippen LogP) is 2.34. The number of hydrogen-bond donors (Lipinski definition) is 2. The molecule has 23 heavy (non-hydrogen) atoms. The van der Waals surface area contributed by atoms with Crippen molar-refractivity contribution < 1.29 is 18.7 Å². The SMILES string of the molecule is COC(=O)c1ccc(NCC(=O)NCc2ccccc2F)cc1. The van der Waals surface area contributed by atoms with E-state index in [1.807, 2.05) is 0 Å². The number of anilines is 1. The van der Waals surface area contributed by atoms with Crippen LogP contribution in [0.1, 0.15) is 15.9 Å². The summed E-state index contributed by atoms with van der Waals surface area (Å²) in [6.07, 6.45) is 0. The molecule has 6 heteroatoms. The first kappa shape index (κ1) is 16.5. The average molecular weight is 316 g/mol. The number of ether oxygens (including phenoxy) is 1. The molecule has 0 atom stereocenters. The van der Waals surface area contributed by atoms with Crippen LogP contribution in [0.2, 0.25) is 0 Å². The van der Waals surface area contributed by atoms with Gasteiger partial charge in [-0.3, -0.25) is 4.79 Å². The third-order valence-electron chi connectivity index (χ3n) is 3.19. The molecule has 0 saturated carbocycles. The number of carbonyl (C=O) groups excluding carboxylic acids is 2. The summed E-state index contributed by atoms with van der Waals surface area (Å²) in [5.41, 5.74) is 1.56. The monoisotopic (exact) mass is 316 g/mol. The summed E-state index contributed by atoms with van der Waals surface area (Å²) in [4.78, 5) is 23.1. The Hall–Kier alpha value is -2.89. The fourth-order valence-electron chi connectivity index (χ4n) is 1.92. The average Bonchev–Trinajstić information content (AvgIpc) is 2.59. The van der Waals surface area contributed by atoms with Gasteiger partial charge in [-0.1, -0.05) is 18.2 Å². The van der Waals surface area contributed by atoms with E-state index >= 15 is 0 Å². The molecule has 120 valence electrons. The Morgan fingerprint density at radius 2 is 1.78 bits per heavy atom. The van der Waals surface area contributed by atoms with Crippen LogP contribution in [0, 0.1) is 5.82 Å². The topological polar surface area (TPSA) is 67.4 Å². The number of carbonyl (C=O) groups is 2. The van der Waals surface area contributed by atoms with Crippen molar-refractivity contribution in [2.24, 2.45) is 0 Å². The summed E-state index contributed by atoms with van der Waals surface area (Å²) in [6.45, 7) is 0.181. The molecule has 0 aliphatic heterocycles. The van der Waals surface area contributed by atoms with Gasteiger partial charge in [0.15, 0.2) is 0 Å². The van der Waals surface area contributed by atoms with Crippen LogP contribution in [0.25, 0.3) is 0 Å². The van der Waals surface area contributed by atoms with Gasteiger partial charge < -0.3 is 15.4 Å². The van der Waals surface area contributed by atoms with E-state index in [9.17, 15) is 14.0 Å². The fourth-order valence-corrected chi connectivity index (χ4v) is 1.92. The molecule has 2 aromatic rings. The zero-order valence-corrected chi connectivity index (χ0v) is 12.6. The van der Waals surface area contributed by atoms with Crippen molar-refractivity contribution in [1.29, 1.82) is 0 Å². The molecule has 2 rings (SSSR count). The van der Waals surface area contributed by atoms with E-state index in [1.165, 1.54) is 13.2 Å². The fraction of sp³-hybridized carbons (Fsp3) is 0.176. The van der Waals surface area contributed by atoms with Crippen LogP contribution in [0.4, 0.5) is 10.1 Å². The molecule has 5 nitrogen and oxygen atoms in total. The van der Waals surface area contributed by atoms with E-state index in [0.29, 0.717) is 16.8 Å². The van der Waals surface area contributed by atoms with Crippen LogP contribution in [-0.2, 0) is 16.1 Å². The number of benzene rings is 2. The van der Waals surface area contributed by atoms with E-state index in [2.05, 4.69) is 15.4 Å². The van der Waals surface area contributed by atoms with Gasteiger partial charge in [0.05, 0.1) is 19.2 Å². The molecule has 0 unspecified atom stereocenters. The molecule has 0 fully saturated rings. The van der Waals surface area contributed by atoms with Crippen LogP contribution in [0.5, 0.6) is 0 Å². The maximum atomic E-state index is 13.4. The molecule has 2 aromatic carbocycles.